The third kappa shape index (κ3) is 1.83. The van der Waals surface area contributed by atoms with E-state index >= 15 is 0 Å². The highest BCUT2D eigenvalue weighted by Crippen LogP contribution is 2.24. The van der Waals surface area contributed by atoms with Crippen molar-refractivity contribution in [1.82, 2.24) is 0 Å². The SMILES string of the molecule is CCC(N)c1ccc2c(c1)CCCC2. The van der Waals surface area contributed by atoms with E-state index in [2.05, 4.69) is 25.1 Å². The predicted molar refractivity (Wildman–Crippen MR) is 60.3 cm³/mol. The van der Waals surface area contributed by atoms with Crippen LogP contribution < -0.4 is 5.73 Å². The first-order valence-electron chi connectivity index (χ1n) is 5.68. The standard InChI is InChI=1S/C13H19N/c1-2-13(14)12-8-7-10-5-3-4-6-11(10)9-12/h7-9,13H,2-6,14H2,1H3. The van der Waals surface area contributed by atoms with Crippen LogP contribution in [0.15, 0.2) is 18.2 Å². The molecule has 0 fully saturated rings. The molecule has 1 aliphatic carbocycles. The quantitative estimate of drug-likeness (QED) is 0.760. The van der Waals surface area contributed by atoms with Crippen LogP contribution in [0.2, 0.25) is 0 Å². The summed E-state index contributed by atoms with van der Waals surface area (Å²) in [6, 6.07) is 7.03. The monoisotopic (exact) mass is 189 g/mol. The molecule has 0 spiro atoms. The van der Waals surface area contributed by atoms with Gasteiger partial charge in [0, 0.05) is 6.04 Å². The Bertz CT molecular complexity index is 317. The number of aryl methyl sites for hydroxylation is 2. The Hall–Kier alpha value is -0.820. The van der Waals surface area contributed by atoms with E-state index in [4.69, 9.17) is 5.73 Å². The summed E-state index contributed by atoms with van der Waals surface area (Å²) in [5.74, 6) is 0. The minimum absolute atomic E-state index is 0.224. The lowest BCUT2D eigenvalue weighted by molar-refractivity contribution is 0.669. The molecule has 76 valence electrons. The molecule has 1 aliphatic rings. The second kappa shape index (κ2) is 4.14. The van der Waals surface area contributed by atoms with Gasteiger partial charge in [-0.25, -0.2) is 0 Å². The van der Waals surface area contributed by atoms with E-state index in [9.17, 15) is 0 Å². The van der Waals surface area contributed by atoms with Gasteiger partial charge >= 0.3 is 0 Å². The Labute approximate surface area is 86.3 Å². The molecule has 1 aromatic rings. The van der Waals surface area contributed by atoms with Crippen molar-refractivity contribution in [3.05, 3.63) is 34.9 Å². The highest BCUT2D eigenvalue weighted by molar-refractivity contribution is 5.35. The van der Waals surface area contributed by atoms with E-state index < -0.39 is 0 Å². The van der Waals surface area contributed by atoms with E-state index in [1.807, 2.05) is 0 Å². The number of benzene rings is 1. The van der Waals surface area contributed by atoms with Crippen molar-refractivity contribution >= 4 is 0 Å². The van der Waals surface area contributed by atoms with E-state index in [1.54, 1.807) is 5.56 Å². The molecule has 1 nitrogen and oxygen atoms in total. The van der Waals surface area contributed by atoms with Crippen LogP contribution in [0.1, 0.15) is 48.9 Å². The average molecular weight is 189 g/mol. The fourth-order valence-corrected chi connectivity index (χ4v) is 2.22. The molecule has 0 aromatic heterocycles. The minimum Gasteiger partial charge on any atom is -0.324 e. The molecule has 0 amide bonds. The fourth-order valence-electron chi connectivity index (χ4n) is 2.22. The maximum Gasteiger partial charge on any atom is 0.0292 e. The van der Waals surface area contributed by atoms with Crippen molar-refractivity contribution in [2.75, 3.05) is 0 Å². The maximum absolute atomic E-state index is 6.03. The molecular weight excluding hydrogens is 170 g/mol. The Morgan fingerprint density at radius 3 is 2.64 bits per heavy atom. The van der Waals surface area contributed by atoms with Gasteiger partial charge in [0.1, 0.15) is 0 Å². The summed E-state index contributed by atoms with van der Waals surface area (Å²) in [5.41, 5.74) is 10.4. The van der Waals surface area contributed by atoms with Crippen molar-refractivity contribution < 1.29 is 0 Å². The number of hydrogen-bond acceptors (Lipinski definition) is 1. The Morgan fingerprint density at radius 2 is 1.93 bits per heavy atom. The molecule has 0 radical (unpaired) electrons. The summed E-state index contributed by atoms with van der Waals surface area (Å²) in [6.07, 6.45) is 6.24. The van der Waals surface area contributed by atoms with Crippen molar-refractivity contribution in [3.63, 3.8) is 0 Å². The van der Waals surface area contributed by atoms with Crippen LogP contribution in [0.3, 0.4) is 0 Å². The van der Waals surface area contributed by atoms with Crippen LogP contribution in [-0.2, 0) is 12.8 Å². The van der Waals surface area contributed by atoms with E-state index in [-0.39, 0.29) is 6.04 Å². The van der Waals surface area contributed by atoms with Gasteiger partial charge in [-0.1, -0.05) is 25.1 Å². The second-order valence-corrected chi connectivity index (χ2v) is 4.25. The summed E-state index contributed by atoms with van der Waals surface area (Å²) < 4.78 is 0. The van der Waals surface area contributed by atoms with Gasteiger partial charge in [0.2, 0.25) is 0 Å². The molecule has 1 atom stereocenters. The lowest BCUT2D eigenvalue weighted by atomic mass is 9.89. The molecule has 1 unspecified atom stereocenters. The first kappa shape index (κ1) is 9.72. The number of rotatable bonds is 2. The fraction of sp³-hybridized carbons (Fsp3) is 0.538. The lowest BCUT2D eigenvalue weighted by Crippen LogP contribution is -2.11. The zero-order chi connectivity index (χ0) is 9.97. The zero-order valence-corrected chi connectivity index (χ0v) is 8.92. The maximum atomic E-state index is 6.03. The molecule has 14 heavy (non-hydrogen) atoms. The summed E-state index contributed by atoms with van der Waals surface area (Å²) in [4.78, 5) is 0. The molecule has 0 saturated heterocycles. The minimum atomic E-state index is 0.224. The van der Waals surface area contributed by atoms with Gasteiger partial charge in [-0.05, 0) is 48.8 Å². The van der Waals surface area contributed by atoms with Gasteiger partial charge < -0.3 is 5.73 Å². The van der Waals surface area contributed by atoms with Crippen LogP contribution in [0.25, 0.3) is 0 Å². The number of nitrogens with two attached hydrogens (primary N) is 1. The normalized spacial score (nSPS) is 17.6. The number of hydrogen-bond donors (Lipinski definition) is 1. The van der Waals surface area contributed by atoms with Gasteiger partial charge in [-0.2, -0.15) is 0 Å². The molecule has 0 heterocycles. The van der Waals surface area contributed by atoms with Gasteiger partial charge in [0.05, 0.1) is 0 Å². The third-order valence-electron chi connectivity index (χ3n) is 3.24. The van der Waals surface area contributed by atoms with Gasteiger partial charge in [0.15, 0.2) is 0 Å². The van der Waals surface area contributed by atoms with Crippen LogP contribution in [0, 0.1) is 0 Å². The van der Waals surface area contributed by atoms with E-state index in [1.165, 1.54) is 36.8 Å². The Balaban J connectivity index is 2.29. The van der Waals surface area contributed by atoms with Crippen LogP contribution in [0.4, 0.5) is 0 Å². The van der Waals surface area contributed by atoms with Crippen LogP contribution in [0.5, 0.6) is 0 Å². The first-order chi connectivity index (χ1) is 6.81. The summed E-state index contributed by atoms with van der Waals surface area (Å²) in [6.45, 7) is 2.14. The van der Waals surface area contributed by atoms with Gasteiger partial charge in [0.25, 0.3) is 0 Å². The summed E-state index contributed by atoms with van der Waals surface area (Å²) >= 11 is 0. The molecule has 0 saturated carbocycles. The van der Waals surface area contributed by atoms with Gasteiger partial charge in [-0.15, -0.1) is 0 Å². The van der Waals surface area contributed by atoms with Crippen molar-refractivity contribution in [3.8, 4) is 0 Å². The third-order valence-corrected chi connectivity index (χ3v) is 3.24. The molecule has 2 N–H and O–H groups in total. The molecule has 1 heteroatoms. The highest BCUT2D eigenvalue weighted by atomic mass is 14.6. The largest absolute Gasteiger partial charge is 0.324 e. The van der Waals surface area contributed by atoms with E-state index in [0.717, 1.165) is 6.42 Å². The number of fused-ring (bicyclic) bond motifs is 1. The molecule has 2 rings (SSSR count). The van der Waals surface area contributed by atoms with Crippen LogP contribution in [-0.4, -0.2) is 0 Å². The molecule has 0 bridgehead atoms. The molecule has 1 aromatic carbocycles. The predicted octanol–water partition coefficient (Wildman–Crippen LogP) is 2.98. The zero-order valence-electron chi connectivity index (χ0n) is 8.92. The molecule has 0 aliphatic heterocycles. The van der Waals surface area contributed by atoms with Crippen LogP contribution >= 0.6 is 0 Å². The van der Waals surface area contributed by atoms with Crippen molar-refractivity contribution in [1.29, 1.82) is 0 Å². The van der Waals surface area contributed by atoms with Crippen molar-refractivity contribution in [2.24, 2.45) is 5.73 Å². The van der Waals surface area contributed by atoms with Gasteiger partial charge in [-0.3, -0.25) is 0 Å². The second-order valence-electron chi connectivity index (χ2n) is 4.25. The smallest absolute Gasteiger partial charge is 0.0292 e. The van der Waals surface area contributed by atoms with Crippen molar-refractivity contribution in [2.45, 2.75) is 45.1 Å². The summed E-state index contributed by atoms with van der Waals surface area (Å²) in [7, 11) is 0. The topological polar surface area (TPSA) is 26.0 Å². The molecular formula is C13H19N. The van der Waals surface area contributed by atoms with E-state index in [0.29, 0.717) is 0 Å². The first-order valence-corrected chi connectivity index (χ1v) is 5.68. The Morgan fingerprint density at radius 1 is 1.21 bits per heavy atom. The lowest BCUT2D eigenvalue weighted by Gasteiger charge is -2.18. The average Bonchev–Trinajstić information content (AvgIpc) is 2.27. The highest BCUT2D eigenvalue weighted by Gasteiger charge is 2.11. The summed E-state index contributed by atoms with van der Waals surface area (Å²) in [5, 5.41) is 0. The Kier molecular flexibility index (Phi) is 2.87.